The lowest BCUT2D eigenvalue weighted by atomic mass is 10.1. The highest BCUT2D eigenvalue weighted by Crippen LogP contribution is 2.13. The summed E-state index contributed by atoms with van der Waals surface area (Å²) in [4.78, 5) is 19.1. The Labute approximate surface area is 95.0 Å². The molecule has 1 saturated heterocycles. The highest BCUT2D eigenvalue weighted by molar-refractivity contribution is 5.82. The zero-order chi connectivity index (χ0) is 11.4. The summed E-state index contributed by atoms with van der Waals surface area (Å²) < 4.78 is 0. The Bertz CT molecular complexity index is 330. The molecule has 2 heterocycles. The average molecular weight is 222 g/mol. The summed E-state index contributed by atoms with van der Waals surface area (Å²) in [6, 6.07) is -0.0334. The van der Waals surface area contributed by atoms with Crippen LogP contribution in [0.4, 0.5) is 0 Å². The molecular formula is C11H18N4O. The minimum Gasteiger partial charge on any atom is -0.347 e. The summed E-state index contributed by atoms with van der Waals surface area (Å²) in [5.74, 6) is 0.912. The van der Waals surface area contributed by atoms with Gasteiger partial charge >= 0.3 is 0 Å². The number of imidazole rings is 1. The van der Waals surface area contributed by atoms with Crippen LogP contribution in [0.1, 0.15) is 38.1 Å². The predicted molar refractivity (Wildman–Crippen MR) is 60.8 cm³/mol. The van der Waals surface area contributed by atoms with E-state index in [2.05, 4.69) is 20.6 Å². The van der Waals surface area contributed by atoms with Crippen molar-refractivity contribution in [1.82, 2.24) is 20.6 Å². The van der Waals surface area contributed by atoms with E-state index in [9.17, 15) is 4.79 Å². The number of H-pyrrole nitrogens is 1. The maximum Gasteiger partial charge on any atom is 0.237 e. The molecule has 1 aliphatic heterocycles. The van der Waals surface area contributed by atoms with E-state index in [1.54, 1.807) is 12.4 Å². The third-order valence-corrected chi connectivity index (χ3v) is 2.95. The Morgan fingerprint density at radius 2 is 2.62 bits per heavy atom. The van der Waals surface area contributed by atoms with E-state index in [1.807, 2.05) is 6.92 Å². The molecule has 2 atom stereocenters. The Morgan fingerprint density at radius 1 is 1.75 bits per heavy atom. The predicted octanol–water partition coefficient (Wildman–Crippen LogP) is 0.729. The number of amides is 1. The van der Waals surface area contributed by atoms with Gasteiger partial charge in [-0.15, -0.1) is 0 Å². The van der Waals surface area contributed by atoms with Gasteiger partial charge in [0, 0.05) is 12.4 Å². The highest BCUT2D eigenvalue weighted by Gasteiger charge is 2.24. The normalized spacial score (nSPS) is 21.9. The molecule has 1 fully saturated rings. The van der Waals surface area contributed by atoms with E-state index >= 15 is 0 Å². The van der Waals surface area contributed by atoms with Crippen molar-refractivity contribution in [2.75, 3.05) is 6.54 Å². The monoisotopic (exact) mass is 222 g/mol. The number of aromatic amines is 1. The third kappa shape index (κ3) is 2.41. The Hall–Kier alpha value is -1.36. The molecule has 1 amide bonds. The van der Waals surface area contributed by atoms with E-state index in [1.165, 1.54) is 0 Å². The van der Waals surface area contributed by atoms with Gasteiger partial charge in [-0.05, 0) is 25.8 Å². The summed E-state index contributed by atoms with van der Waals surface area (Å²) in [6.07, 6.45) is 6.33. The van der Waals surface area contributed by atoms with Crippen LogP contribution in [-0.4, -0.2) is 28.5 Å². The molecule has 3 N–H and O–H groups in total. The minimum absolute atomic E-state index is 0.00935. The van der Waals surface area contributed by atoms with Gasteiger partial charge in [-0.1, -0.05) is 6.92 Å². The lowest BCUT2D eigenvalue weighted by molar-refractivity contribution is -0.123. The lowest BCUT2D eigenvalue weighted by Gasteiger charge is -2.17. The van der Waals surface area contributed by atoms with Crippen molar-refractivity contribution in [2.45, 2.75) is 38.3 Å². The topological polar surface area (TPSA) is 69.8 Å². The zero-order valence-corrected chi connectivity index (χ0v) is 9.49. The van der Waals surface area contributed by atoms with E-state index in [-0.39, 0.29) is 18.0 Å². The Morgan fingerprint density at radius 3 is 3.19 bits per heavy atom. The summed E-state index contributed by atoms with van der Waals surface area (Å²) in [7, 11) is 0. The van der Waals surface area contributed by atoms with E-state index in [0.717, 1.165) is 31.6 Å². The van der Waals surface area contributed by atoms with Crippen molar-refractivity contribution in [3.8, 4) is 0 Å². The largest absolute Gasteiger partial charge is 0.347 e. The molecule has 16 heavy (non-hydrogen) atoms. The standard InChI is InChI=1S/C11H18N4O/c1-2-8(10-13-6-7-14-10)15-11(16)9-4-3-5-12-9/h6-9,12H,2-5H2,1H3,(H,13,14)(H,15,16). The first kappa shape index (κ1) is 11.1. The van der Waals surface area contributed by atoms with E-state index in [4.69, 9.17) is 0 Å². The van der Waals surface area contributed by atoms with Crippen LogP contribution in [-0.2, 0) is 4.79 Å². The van der Waals surface area contributed by atoms with Crippen LogP contribution in [0, 0.1) is 0 Å². The van der Waals surface area contributed by atoms with Crippen LogP contribution < -0.4 is 10.6 Å². The fourth-order valence-corrected chi connectivity index (χ4v) is 2.01. The van der Waals surface area contributed by atoms with Gasteiger partial charge in [0.1, 0.15) is 5.82 Å². The second-order valence-corrected chi connectivity index (χ2v) is 4.09. The maximum atomic E-state index is 11.9. The van der Waals surface area contributed by atoms with E-state index < -0.39 is 0 Å². The van der Waals surface area contributed by atoms with Gasteiger partial charge in [0.2, 0.25) is 5.91 Å². The molecule has 0 bridgehead atoms. The molecule has 5 nitrogen and oxygen atoms in total. The first-order valence-corrected chi connectivity index (χ1v) is 5.84. The summed E-state index contributed by atoms with van der Waals surface area (Å²) in [5, 5.41) is 6.20. The number of nitrogens with one attached hydrogen (secondary N) is 3. The van der Waals surface area contributed by atoms with Crippen molar-refractivity contribution >= 4 is 5.91 Å². The van der Waals surface area contributed by atoms with Crippen LogP contribution in [0.3, 0.4) is 0 Å². The number of aromatic nitrogens is 2. The molecule has 1 aromatic heterocycles. The summed E-state index contributed by atoms with van der Waals surface area (Å²) in [5.41, 5.74) is 0. The molecule has 2 unspecified atom stereocenters. The number of rotatable bonds is 4. The van der Waals surface area contributed by atoms with Crippen molar-refractivity contribution in [3.05, 3.63) is 18.2 Å². The van der Waals surface area contributed by atoms with Gasteiger partial charge in [0.25, 0.3) is 0 Å². The summed E-state index contributed by atoms with van der Waals surface area (Å²) in [6.45, 7) is 2.98. The zero-order valence-electron chi connectivity index (χ0n) is 9.49. The molecule has 0 aromatic carbocycles. The van der Waals surface area contributed by atoms with Gasteiger partial charge < -0.3 is 15.6 Å². The lowest BCUT2D eigenvalue weighted by Crippen LogP contribution is -2.42. The van der Waals surface area contributed by atoms with Crippen molar-refractivity contribution < 1.29 is 4.79 Å². The van der Waals surface area contributed by atoms with Crippen molar-refractivity contribution in [1.29, 1.82) is 0 Å². The number of nitrogens with zero attached hydrogens (tertiary/aromatic N) is 1. The maximum absolute atomic E-state index is 11.9. The van der Waals surface area contributed by atoms with Crippen LogP contribution in [0.2, 0.25) is 0 Å². The molecular weight excluding hydrogens is 204 g/mol. The van der Waals surface area contributed by atoms with Crippen LogP contribution >= 0.6 is 0 Å². The molecule has 0 spiro atoms. The first-order chi connectivity index (χ1) is 7.81. The summed E-state index contributed by atoms with van der Waals surface area (Å²) >= 11 is 0. The molecule has 5 heteroatoms. The molecule has 0 radical (unpaired) electrons. The van der Waals surface area contributed by atoms with Gasteiger partial charge in [-0.2, -0.15) is 0 Å². The molecule has 1 aromatic rings. The Kier molecular flexibility index (Phi) is 3.56. The number of carbonyl (C=O) groups excluding carboxylic acids is 1. The second-order valence-electron chi connectivity index (χ2n) is 4.09. The van der Waals surface area contributed by atoms with E-state index in [0.29, 0.717) is 0 Å². The van der Waals surface area contributed by atoms with Gasteiger partial charge in [0.15, 0.2) is 0 Å². The van der Waals surface area contributed by atoms with Crippen LogP contribution in [0.5, 0.6) is 0 Å². The average Bonchev–Trinajstić information content (AvgIpc) is 2.96. The quantitative estimate of drug-likeness (QED) is 0.703. The fraction of sp³-hybridized carbons (Fsp3) is 0.636. The molecule has 0 aliphatic carbocycles. The first-order valence-electron chi connectivity index (χ1n) is 5.84. The Balaban J connectivity index is 1.93. The van der Waals surface area contributed by atoms with Gasteiger partial charge in [0.05, 0.1) is 12.1 Å². The SMILES string of the molecule is CCC(NC(=O)C1CCCN1)c1ncc[nH]1. The minimum atomic E-state index is -0.0241. The highest BCUT2D eigenvalue weighted by atomic mass is 16.2. The van der Waals surface area contributed by atoms with Crippen molar-refractivity contribution in [2.24, 2.45) is 0 Å². The fourth-order valence-electron chi connectivity index (χ4n) is 2.01. The van der Waals surface area contributed by atoms with Crippen LogP contribution in [0.25, 0.3) is 0 Å². The second kappa shape index (κ2) is 5.12. The molecule has 0 saturated carbocycles. The van der Waals surface area contributed by atoms with Crippen LogP contribution in [0.15, 0.2) is 12.4 Å². The molecule has 88 valence electrons. The molecule has 1 aliphatic rings. The number of hydrogen-bond donors (Lipinski definition) is 3. The van der Waals surface area contributed by atoms with Gasteiger partial charge in [-0.3, -0.25) is 4.79 Å². The third-order valence-electron chi connectivity index (χ3n) is 2.95. The smallest absolute Gasteiger partial charge is 0.237 e. The number of carbonyl (C=O) groups is 1. The van der Waals surface area contributed by atoms with Crippen molar-refractivity contribution in [3.63, 3.8) is 0 Å². The molecule has 2 rings (SSSR count). The number of hydrogen-bond acceptors (Lipinski definition) is 3. The van der Waals surface area contributed by atoms with Gasteiger partial charge in [-0.25, -0.2) is 4.98 Å².